The van der Waals surface area contributed by atoms with Gasteiger partial charge in [-0.25, -0.2) is 8.42 Å². The van der Waals surface area contributed by atoms with Crippen molar-refractivity contribution >= 4 is 27.3 Å². The summed E-state index contributed by atoms with van der Waals surface area (Å²) in [4.78, 5) is 12.5. The highest BCUT2D eigenvalue weighted by Crippen LogP contribution is 2.23. The van der Waals surface area contributed by atoms with Gasteiger partial charge in [0.1, 0.15) is 18.1 Å². The highest BCUT2D eigenvalue weighted by Gasteiger charge is 2.13. The van der Waals surface area contributed by atoms with E-state index in [1.807, 2.05) is 13.8 Å². The van der Waals surface area contributed by atoms with Gasteiger partial charge in [-0.3, -0.25) is 9.52 Å². The molecule has 0 aliphatic carbocycles. The average molecular weight is 415 g/mol. The summed E-state index contributed by atoms with van der Waals surface area (Å²) in [7, 11) is -3.47. The van der Waals surface area contributed by atoms with Crippen molar-refractivity contribution in [3.05, 3.63) is 71.1 Å². The first-order valence-corrected chi connectivity index (χ1v) is 10.6. The lowest BCUT2D eigenvalue weighted by molar-refractivity contribution is 0.102. The molecule has 152 valence electrons. The highest BCUT2D eigenvalue weighted by atomic mass is 32.2. The Morgan fingerprint density at radius 2 is 1.72 bits per heavy atom. The zero-order valence-electron chi connectivity index (χ0n) is 16.2. The van der Waals surface area contributed by atoms with Crippen LogP contribution in [0.1, 0.15) is 27.4 Å². The number of carbonyl (C=O) groups excluding carboxylic acids is 1. The lowest BCUT2D eigenvalue weighted by atomic mass is 10.2. The van der Waals surface area contributed by atoms with E-state index in [4.69, 9.17) is 9.26 Å². The smallest absolute Gasteiger partial charge is 0.255 e. The van der Waals surface area contributed by atoms with Crippen molar-refractivity contribution in [3.8, 4) is 5.75 Å². The molecular weight excluding hydrogens is 394 g/mol. The maximum absolute atomic E-state index is 12.5. The number of hydrogen-bond acceptors (Lipinski definition) is 6. The van der Waals surface area contributed by atoms with Gasteiger partial charge in [0.2, 0.25) is 10.0 Å². The summed E-state index contributed by atoms with van der Waals surface area (Å²) >= 11 is 0. The summed E-state index contributed by atoms with van der Waals surface area (Å²) in [5.74, 6) is 0.936. The second kappa shape index (κ2) is 8.36. The number of nitrogens with one attached hydrogen (secondary N) is 2. The lowest BCUT2D eigenvalue weighted by Gasteiger charge is -2.12. The Kier molecular flexibility index (Phi) is 5.88. The van der Waals surface area contributed by atoms with Gasteiger partial charge >= 0.3 is 0 Å². The third kappa shape index (κ3) is 5.35. The van der Waals surface area contributed by atoms with Crippen LogP contribution in [-0.4, -0.2) is 25.7 Å². The molecule has 29 heavy (non-hydrogen) atoms. The molecule has 0 atom stereocenters. The number of carbonyl (C=O) groups is 1. The Balaban J connectivity index is 1.67. The second-order valence-corrected chi connectivity index (χ2v) is 8.24. The first-order chi connectivity index (χ1) is 13.7. The van der Waals surface area contributed by atoms with Crippen molar-refractivity contribution in [1.29, 1.82) is 0 Å². The van der Waals surface area contributed by atoms with Crippen LogP contribution in [0.5, 0.6) is 5.75 Å². The minimum absolute atomic E-state index is 0.294. The number of benzene rings is 2. The van der Waals surface area contributed by atoms with Gasteiger partial charge in [0, 0.05) is 5.56 Å². The average Bonchev–Trinajstić information content (AvgIpc) is 2.98. The zero-order valence-corrected chi connectivity index (χ0v) is 17.0. The first-order valence-electron chi connectivity index (χ1n) is 8.76. The summed E-state index contributed by atoms with van der Waals surface area (Å²) < 4.78 is 36.2. The molecule has 2 aromatic carbocycles. The van der Waals surface area contributed by atoms with Crippen LogP contribution in [-0.2, 0) is 16.6 Å². The largest absolute Gasteiger partial charge is 0.489 e. The van der Waals surface area contributed by atoms with Gasteiger partial charge in [-0.2, -0.15) is 0 Å². The first kappa shape index (κ1) is 20.4. The fraction of sp³-hybridized carbons (Fsp3) is 0.200. The Morgan fingerprint density at radius 3 is 2.31 bits per heavy atom. The SMILES string of the molecule is Cc1noc(C)c1COc1ccc(C(=O)Nc2ccccc2NS(C)(=O)=O)cc1. The van der Waals surface area contributed by atoms with Crippen LogP contribution in [0.3, 0.4) is 0 Å². The zero-order chi connectivity index (χ0) is 21.0. The maximum Gasteiger partial charge on any atom is 0.255 e. The van der Waals surface area contributed by atoms with E-state index in [1.165, 1.54) is 0 Å². The highest BCUT2D eigenvalue weighted by molar-refractivity contribution is 7.92. The van der Waals surface area contributed by atoms with Gasteiger partial charge in [-0.1, -0.05) is 17.3 Å². The van der Waals surface area contributed by atoms with E-state index in [0.29, 0.717) is 35.1 Å². The molecule has 0 spiro atoms. The molecule has 1 aromatic heterocycles. The molecule has 0 bridgehead atoms. The van der Waals surface area contributed by atoms with Crippen LogP contribution < -0.4 is 14.8 Å². The summed E-state index contributed by atoms with van der Waals surface area (Å²) in [5, 5.41) is 6.59. The van der Waals surface area contributed by atoms with E-state index in [-0.39, 0.29) is 5.91 Å². The molecule has 8 nitrogen and oxygen atoms in total. The van der Waals surface area contributed by atoms with Crippen LogP contribution in [0.15, 0.2) is 53.1 Å². The number of ether oxygens (including phenoxy) is 1. The molecule has 0 aliphatic rings. The third-order valence-corrected chi connectivity index (χ3v) is 4.74. The Hall–Kier alpha value is -3.33. The number of rotatable bonds is 7. The number of amides is 1. The van der Waals surface area contributed by atoms with Gasteiger partial charge in [0.05, 0.1) is 28.9 Å². The lowest BCUT2D eigenvalue weighted by Crippen LogP contribution is -2.16. The van der Waals surface area contributed by atoms with E-state index >= 15 is 0 Å². The molecule has 2 N–H and O–H groups in total. The van der Waals surface area contributed by atoms with Crippen molar-refractivity contribution in [1.82, 2.24) is 5.16 Å². The minimum atomic E-state index is -3.47. The molecule has 0 saturated heterocycles. The minimum Gasteiger partial charge on any atom is -0.489 e. The molecule has 0 fully saturated rings. The molecule has 9 heteroatoms. The quantitative estimate of drug-likeness (QED) is 0.611. The van der Waals surface area contributed by atoms with Crippen LogP contribution in [0, 0.1) is 13.8 Å². The predicted octanol–water partition coefficient (Wildman–Crippen LogP) is 3.49. The number of sulfonamides is 1. The van der Waals surface area contributed by atoms with E-state index in [1.54, 1.807) is 48.5 Å². The van der Waals surface area contributed by atoms with Crippen LogP contribution in [0.2, 0.25) is 0 Å². The van der Waals surface area contributed by atoms with E-state index < -0.39 is 10.0 Å². The molecule has 1 heterocycles. The van der Waals surface area contributed by atoms with Gasteiger partial charge in [-0.15, -0.1) is 0 Å². The standard InChI is InChI=1S/C20H21N3O5S/c1-13-17(14(2)28-22-13)12-27-16-10-8-15(9-11-16)20(24)21-18-6-4-5-7-19(18)23-29(3,25)26/h4-11,23H,12H2,1-3H3,(H,21,24). The van der Waals surface area contributed by atoms with Crippen molar-refractivity contribution in [2.75, 3.05) is 16.3 Å². The van der Waals surface area contributed by atoms with Crippen molar-refractivity contribution in [3.63, 3.8) is 0 Å². The number of para-hydroxylation sites is 2. The second-order valence-electron chi connectivity index (χ2n) is 6.49. The summed E-state index contributed by atoms with van der Waals surface area (Å²) in [6.07, 6.45) is 1.05. The summed E-state index contributed by atoms with van der Waals surface area (Å²) in [6.45, 7) is 3.99. The Labute approximate surface area is 168 Å². The van der Waals surface area contributed by atoms with Crippen LogP contribution >= 0.6 is 0 Å². The van der Waals surface area contributed by atoms with E-state index in [2.05, 4.69) is 15.2 Å². The number of aromatic nitrogens is 1. The summed E-state index contributed by atoms with van der Waals surface area (Å²) in [5.41, 5.74) is 2.73. The topological polar surface area (TPSA) is 111 Å². The molecule has 1 amide bonds. The predicted molar refractivity (Wildman–Crippen MR) is 110 cm³/mol. The maximum atomic E-state index is 12.5. The van der Waals surface area contributed by atoms with Gasteiger partial charge in [0.25, 0.3) is 5.91 Å². The van der Waals surface area contributed by atoms with Gasteiger partial charge < -0.3 is 14.6 Å². The monoisotopic (exact) mass is 415 g/mol. The summed E-state index contributed by atoms with van der Waals surface area (Å²) in [6, 6.07) is 13.2. The Bertz CT molecular complexity index is 1100. The molecule has 3 aromatic rings. The number of anilines is 2. The fourth-order valence-electron chi connectivity index (χ4n) is 2.64. The molecular formula is C20H21N3O5S. The van der Waals surface area contributed by atoms with E-state index in [0.717, 1.165) is 17.5 Å². The molecule has 0 radical (unpaired) electrons. The molecule has 3 rings (SSSR count). The van der Waals surface area contributed by atoms with Crippen molar-refractivity contribution < 1.29 is 22.5 Å². The van der Waals surface area contributed by atoms with Gasteiger partial charge in [-0.05, 0) is 50.2 Å². The van der Waals surface area contributed by atoms with Crippen molar-refractivity contribution in [2.45, 2.75) is 20.5 Å². The van der Waals surface area contributed by atoms with E-state index in [9.17, 15) is 13.2 Å². The molecule has 0 unspecified atom stereocenters. The van der Waals surface area contributed by atoms with Gasteiger partial charge in [0.15, 0.2) is 0 Å². The number of hydrogen-bond donors (Lipinski definition) is 2. The Morgan fingerprint density at radius 1 is 1.07 bits per heavy atom. The number of nitrogens with zero attached hydrogens (tertiary/aromatic N) is 1. The third-order valence-electron chi connectivity index (χ3n) is 4.15. The molecule has 0 saturated carbocycles. The van der Waals surface area contributed by atoms with Crippen LogP contribution in [0.4, 0.5) is 11.4 Å². The molecule has 0 aliphatic heterocycles. The fourth-order valence-corrected chi connectivity index (χ4v) is 3.22. The normalized spacial score (nSPS) is 11.1. The van der Waals surface area contributed by atoms with Crippen LogP contribution in [0.25, 0.3) is 0 Å². The number of aryl methyl sites for hydroxylation is 2. The van der Waals surface area contributed by atoms with Crippen molar-refractivity contribution in [2.24, 2.45) is 0 Å².